The van der Waals surface area contributed by atoms with Crippen molar-refractivity contribution in [1.29, 1.82) is 0 Å². The molecule has 2 aliphatic rings. The van der Waals surface area contributed by atoms with E-state index in [9.17, 15) is 19.8 Å². The third-order valence-electron chi connectivity index (χ3n) is 6.37. The number of Topliss-reactive ketones (excluding diaryl/α,β-unsaturated/α-hetero) is 1. The Morgan fingerprint density at radius 2 is 1.81 bits per heavy atom. The number of aliphatic carboxylic acids is 1. The number of pyridine rings is 1. The monoisotopic (exact) mass is 451 g/mol. The Kier molecular flexibility index (Phi) is 4.51. The number of ether oxygens (including phenoxy) is 2. The van der Waals surface area contributed by atoms with Crippen LogP contribution in [0.1, 0.15) is 22.6 Å². The molecule has 5 rings (SSSR count). The summed E-state index contributed by atoms with van der Waals surface area (Å²) >= 11 is 6.10. The van der Waals surface area contributed by atoms with Gasteiger partial charge in [0.2, 0.25) is 5.60 Å². The van der Waals surface area contributed by atoms with Gasteiger partial charge in [-0.05, 0) is 23.3 Å². The van der Waals surface area contributed by atoms with Crippen LogP contribution in [0.2, 0.25) is 5.02 Å². The lowest BCUT2D eigenvalue weighted by Crippen LogP contribution is -2.50. The van der Waals surface area contributed by atoms with Crippen molar-refractivity contribution in [3.8, 4) is 11.5 Å². The fourth-order valence-corrected chi connectivity index (χ4v) is 5.26. The second kappa shape index (κ2) is 7.05. The minimum absolute atomic E-state index is 0.0691. The first-order valence-corrected chi connectivity index (χ1v) is 10.3. The number of halogens is 1. The normalized spacial score (nSPS) is 28.0. The summed E-state index contributed by atoms with van der Waals surface area (Å²) in [7, 11) is 1.38. The van der Waals surface area contributed by atoms with Crippen LogP contribution in [-0.4, -0.2) is 34.1 Å². The van der Waals surface area contributed by atoms with Crippen LogP contribution in [0.5, 0.6) is 11.5 Å². The first-order chi connectivity index (χ1) is 15.4. The van der Waals surface area contributed by atoms with E-state index < -0.39 is 34.8 Å². The molecule has 0 unspecified atom stereocenters. The van der Waals surface area contributed by atoms with Gasteiger partial charge in [0.1, 0.15) is 17.4 Å². The molecule has 0 radical (unpaired) electrons. The van der Waals surface area contributed by atoms with E-state index in [1.165, 1.54) is 19.5 Å². The molecule has 2 N–H and O–H groups in total. The predicted molar refractivity (Wildman–Crippen MR) is 114 cm³/mol. The molecule has 7 nitrogen and oxygen atoms in total. The van der Waals surface area contributed by atoms with Crippen LogP contribution in [0.3, 0.4) is 0 Å². The zero-order valence-electron chi connectivity index (χ0n) is 16.9. The molecule has 3 aromatic rings. The summed E-state index contributed by atoms with van der Waals surface area (Å²) in [5.74, 6) is -4.55. The molecule has 0 bridgehead atoms. The molecular formula is C24H18ClNO6. The van der Waals surface area contributed by atoms with Crippen LogP contribution in [0.25, 0.3) is 0 Å². The van der Waals surface area contributed by atoms with E-state index >= 15 is 0 Å². The molecule has 0 amide bonds. The van der Waals surface area contributed by atoms with Gasteiger partial charge in [0, 0.05) is 5.02 Å². The van der Waals surface area contributed by atoms with Crippen LogP contribution >= 0.6 is 11.6 Å². The number of carboxylic acid groups (broad SMARTS) is 1. The van der Waals surface area contributed by atoms with Crippen molar-refractivity contribution in [3.05, 3.63) is 88.7 Å². The smallest absolute Gasteiger partial charge is 0.314 e. The van der Waals surface area contributed by atoms with Gasteiger partial charge in [0.15, 0.2) is 11.4 Å². The third-order valence-corrected chi connectivity index (χ3v) is 6.63. The summed E-state index contributed by atoms with van der Waals surface area (Å²) in [6.07, 6.45) is 2.74. The van der Waals surface area contributed by atoms with Crippen molar-refractivity contribution in [2.24, 2.45) is 5.92 Å². The Morgan fingerprint density at radius 1 is 1.12 bits per heavy atom. The van der Waals surface area contributed by atoms with Crippen LogP contribution < -0.4 is 9.47 Å². The highest BCUT2D eigenvalue weighted by Gasteiger charge is 2.78. The van der Waals surface area contributed by atoms with Gasteiger partial charge in [-0.15, -0.1) is 0 Å². The number of fused-ring (bicyclic) bond motifs is 3. The van der Waals surface area contributed by atoms with Crippen LogP contribution in [0, 0.1) is 5.92 Å². The minimum Gasteiger partial charge on any atom is -0.495 e. The van der Waals surface area contributed by atoms with Crippen molar-refractivity contribution >= 4 is 23.4 Å². The predicted octanol–water partition coefficient (Wildman–Crippen LogP) is 3.29. The SMILES string of the molecule is COc1cncc2c1[C@]1(O)C(=O)[C@H](C(=O)O)[C@@H](c3ccccc3)[C@]1(c1ccc(Cl)cc1)O2. The molecule has 2 aromatic carbocycles. The maximum absolute atomic E-state index is 13.8. The van der Waals surface area contributed by atoms with Gasteiger partial charge < -0.3 is 19.7 Å². The summed E-state index contributed by atoms with van der Waals surface area (Å²) in [5.41, 5.74) is -3.10. The molecule has 2 heterocycles. The molecule has 1 saturated carbocycles. The number of rotatable bonds is 4. The molecule has 1 aliphatic carbocycles. The molecule has 32 heavy (non-hydrogen) atoms. The van der Waals surface area contributed by atoms with Crippen molar-refractivity contribution in [2.75, 3.05) is 7.11 Å². The van der Waals surface area contributed by atoms with E-state index in [1.807, 2.05) is 0 Å². The number of hydrogen-bond donors (Lipinski definition) is 2. The number of hydrogen-bond acceptors (Lipinski definition) is 6. The Labute approximate surface area is 188 Å². The molecular weight excluding hydrogens is 434 g/mol. The van der Waals surface area contributed by atoms with E-state index in [2.05, 4.69) is 4.98 Å². The van der Waals surface area contributed by atoms with Crippen molar-refractivity contribution in [3.63, 3.8) is 0 Å². The van der Waals surface area contributed by atoms with E-state index in [0.29, 0.717) is 16.1 Å². The number of ketones is 1. The first-order valence-electron chi connectivity index (χ1n) is 9.88. The maximum atomic E-state index is 13.8. The molecule has 8 heteroatoms. The average molecular weight is 452 g/mol. The van der Waals surface area contributed by atoms with E-state index in [4.69, 9.17) is 21.1 Å². The van der Waals surface area contributed by atoms with Gasteiger partial charge in [0.05, 0.1) is 31.0 Å². The second-order valence-corrected chi connectivity index (χ2v) is 8.27. The second-order valence-electron chi connectivity index (χ2n) is 7.84. The molecule has 0 spiro atoms. The lowest BCUT2D eigenvalue weighted by atomic mass is 9.71. The van der Waals surface area contributed by atoms with Crippen molar-refractivity contribution in [1.82, 2.24) is 4.98 Å². The number of benzene rings is 2. The topological polar surface area (TPSA) is 106 Å². The number of nitrogens with zero attached hydrogens (tertiary/aromatic N) is 1. The lowest BCUT2D eigenvalue weighted by molar-refractivity contribution is -0.154. The quantitative estimate of drug-likeness (QED) is 0.586. The fraction of sp³-hybridized carbons (Fsp3) is 0.208. The maximum Gasteiger partial charge on any atom is 0.314 e. The average Bonchev–Trinajstić information content (AvgIpc) is 3.18. The fourth-order valence-electron chi connectivity index (χ4n) is 5.14. The summed E-state index contributed by atoms with van der Waals surface area (Å²) in [4.78, 5) is 30.3. The summed E-state index contributed by atoms with van der Waals surface area (Å²) in [6.45, 7) is 0. The number of carbonyl (C=O) groups excluding carboxylic acids is 1. The zero-order valence-corrected chi connectivity index (χ0v) is 17.6. The molecule has 162 valence electrons. The van der Waals surface area contributed by atoms with Gasteiger partial charge in [-0.3, -0.25) is 14.6 Å². The molecule has 0 saturated heterocycles. The summed E-state index contributed by atoms with van der Waals surface area (Å²) < 4.78 is 11.8. The van der Waals surface area contributed by atoms with Crippen molar-refractivity contribution < 1.29 is 29.3 Å². The highest BCUT2D eigenvalue weighted by atomic mass is 35.5. The van der Waals surface area contributed by atoms with Gasteiger partial charge in [-0.25, -0.2) is 0 Å². The number of carboxylic acids is 1. The van der Waals surface area contributed by atoms with Crippen LogP contribution in [0.4, 0.5) is 0 Å². The Bertz CT molecular complexity index is 1230. The van der Waals surface area contributed by atoms with Crippen molar-refractivity contribution in [2.45, 2.75) is 17.1 Å². The Balaban J connectivity index is 1.90. The number of methoxy groups -OCH3 is 1. The lowest BCUT2D eigenvalue weighted by Gasteiger charge is -2.39. The summed E-state index contributed by atoms with van der Waals surface area (Å²) in [5, 5.41) is 22.8. The van der Waals surface area contributed by atoms with E-state index in [-0.39, 0.29) is 17.1 Å². The standard InChI is InChI=1S/C24H18ClNO6/c1-31-16-11-26-12-17-20(16)23(30)21(27)18(22(28)29)19(13-5-3-2-4-6-13)24(23,32-17)14-7-9-15(25)10-8-14/h2-12,18-19,30H,1H3,(H,28,29)/t18-,19-,23+,24+/m1/s1. The number of carbonyl (C=O) groups is 2. The largest absolute Gasteiger partial charge is 0.495 e. The highest BCUT2D eigenvalue weighted by Crippen LogP contribution is 2.68. The van der Waals surface area contributed by atoms with Gasteiger partial charge in [-0.2, -0.15) is 0 Å². The third kappa shape index (κ3) is 2.43. The Morgan fingerprint density at radius 3 is 2.44 bits per heavy atom. The first kappa shape index (κ1) is 20.5. The highest BCUT2D eigenvalue weighted by molar-refractivity contribution is 6.30. The number of aromatic nitrogens is 1. The molecule has 1 aliphatic heterocycles. The molecule has 1 fully saturated rings. The minimum atomic E-state index is -2.34. The summed E-state index contributed by atoms with van der Waals surface area (Å²) in [6, 6.07) is 15.2. The Hall–Kier alpha value is -3.42. The van der Waals surface area contributed by atoms with Crippen LogP contribution in [-0.2, 0) is 20.8 Å². The molecule has 4 atom stereocenters. The van der Waals surface area contributed by atoms with Gasteiger partial charge in [-0.1, -0.05) is 54.1 Å². The van der Waals surface area contributed by atoms with Crippen LogP contribution in [0.15, 0.2) is 67.0 Å². The van der Waals surface area contributed by atoms with E-state index in [1.54, 1.807) is 54.6 Å². The van der Waals surface area contributed by atoms with Gasteiger partial charge >= 0.3 is 5.97 Å². The van der Waals surface area contributed by atoms with E-state index in [0.717, 1.165) is 0 Å². The zero-order chi connectivity index (χ0) is 22.7. The number of aliphatic hydroxyl groups is 1. The van der Waals surface area contributed by atoms with Gasteiger partial charge in [0.25, 0.3) is 0 Å². The molecule has 1 aromatic heterocycles.